The number of aromatic hydroxyl groups is 1. The van der Waals surface area contributed by atoms with Gasteiger partial charge in [0, 0.05) is 12.1 Å². The largest absolute Gasteiger partial charge is 0.507 e. The van der Waals surface area contributed by atoms with Crippen molar-refractivity contribution in [2.24, 2.45) is 0 Å². The first-order chi connectivity index (χ1) is 16.9. The number of carbonyl (C=O) groups is 2. The van der Waals surface area contributed by atoms with Gasteiger partial charge >= 0.3 is 11.9 Å². The van der Waals surface area contributed by atoms with Crippen molar-refractivity contribution in [1.82, 2.24) is 0 Å². The normalized spacial score (nSPS) is 10.7. The molecule has 2 aromatic rings. The van der Waals surface area contributed by atoms with E-state index in [0.717, 1.165) is 51.4 Å². The lowest BCUT2D eigenvalue weighted by Crippen LogP contribution is -2.14. The van der Waals surface area contributed by atoms with Gasteiger partial charge in [-0.2, -0.15) is 0 Å². The number of hydrogen-bond acceptors (Lipinski definition) is 6. The molecule has 0 atom stereocenters. The Hall–Kier alpha value is -3.22. The molecule has 0 aromatic heterocycles. The van der Waals surface area contributed by atoms with E-state index in [4.69, 9.17) is 14.2 Å². The summed E-state index contributed by atoms with van der Waals surface area (Å²) in [5, 5.41) is 20.3. The van der Waals surface area contributed by atoms with Gasteiger partial charge in [0.25, 0.3) is 0 Å². The van der Waals surface area contributed by atoms with Crippen molar-refractivity contribution in [3.8, 4) is 23.0 Å². The zero-order valence-corrected chi connectivity index (χ0v) is 21.3. The van der Waals surface area contributed by atoms with Gasteiger partial charge in [-0.3, -0.25) is 0 Å². The number of carboxylic acid groups (broad SMARTS) is 1. The minimum Gasteiger partial charge on any atom is -0.507 e. The van der Waals surface area contributed by atoms with E-state index < -0.39 is 11.9 Å². The van der Waals surface area contributed by atoms with E-state index in [1.807, 2.05) is 0 Å². The zero-order chi connectivity index (χ0) is 25.8. The van der Waals surface area contributed by atoms with E-state index in [1.54, 1.807) is 12.1 Å². The highest BCUT2D eigenvalue weighted by atomic mass is 16.5. The second-order valence-corrected chi connectivity index (χ2v) is 8.66. The van der Waals surface area contributed by atoms with Crippen LogP contribution in [-0.4, -0.2) is 36.4 Å². The van der Waals surface area contributed by atoms with Gasteiger partial charge in [-0.25, -0.2) is 9.59 Å². The third-order valence-electron chi connectivity index (χ3n) is 6.01. The Bertz CT molecular complexity index is 997. The number of esters is 1. The van der Waals surface area contributed by atoms with Gasteiger partial charge in [0.05, 0.1) is 14.2 Å². The van der Waals surface area contributed by atoms with E-state index in [-0.39, 0.29) is 28.4 Å². The molecular formula is C28H38O7. The molecule has 2 aromatic carbocycles. The molecule has 0 saturated carbocycles. The Morgan fingerprint density at radius 3 is 1.91 bits per heavy atom. The maximum absolute atomic E-state index is 13.2. The Balaban J connectivity index is 2.36. The van der Waals surface area contributed by atoms with Crippen LogP contribution in [0.1, 0.15) is 97.1 Å². The fourth-order valence-corrected chi connectivity index (χ4v) is 4.16. The van der Waals surface area contributed by atoms with Crippen molar-refractivity contribution in [2.75, 3.05) is 14.2 Å². The first-order valence-electron chi connectivity index (χ1n) is 12.4. The second-order valence-electron chi connectivity index (χ2n) is 8.66. The average molecular weight is 487 g/mol. The summed E-state index contributed by atoms with van der Waals surface area (Å²) in [5.41, 5.74) is 1.36. The van der Waals surface area contributed by atoms with Crippen molar-refractivity contribution >= 4 is 11.9 Å². The third-order valence-corrected chi connectivity index (χ3v) is 6.01. The van der Waals surface area contributed by atoms with E-state index >= 15 is 0 Å². The van der Waals surface area contributed by atoms with Gasteiger partial charge in [-0.05, 0) is 48.9 Å². The van der Waals surface area contributed by atoms with E-state index in [9.17, 15) is 19.8 Å². The number of carboxylic acids is 1. The fourth-order valence-electron chi connectivity index (χ4n) is 4.16. The SMILES string of the molecule is CCCCCCCc1cc(OC)cc(O)c1C(=O)Oc1cc(CCCCC)c(C(=O)O)c(OC)c1. The number of phenolic OH excluding ortho intramolecular Hbond substituents is 1. The summed E-state index contributed by atoms with van der Waals surface area (Å²) in [7, 11) is 2.89. The monoisotopic (exact) mass is 486 g/mol. The third kappa shape index (κ3) is 7.91. The van der Waals surface area contributed by atoms with Gasteiger partial charge in [-0.1, -0.05) is 52.4 Å². The van der Waals surface area contributed by atoms with Crippen LogP contribution in [0.2, 0.25) is 0 Å². The molecule has 7 nitrogen and oxygen atoms in total. The molecule has 35 heavy (non-hydrogen) atoms. The highest BCUT2D eigenvalue weighted by Crippen LogP contribution is 2.33. The van der Waals surface area contributed by atoms with Gasteiger partial charge in [0.1, 0.15) is 34.1 Å². The van der Waals surface area contributed by atoms with Crippen LogP contribution in [0.4, 0.5) is 0 Å². The Morgan fingerprint density at radius 2 is 1.31 bits per heavy atom. The van der Waals surface area contributed by atoms with Crippen LogP contribution in [0.15, 0.2) is 24.3 Å². The molecule has 0 aliphatic carbocycles. The van der Waals surface area contributed by atoms with Gasteiger partial charge in [-0.15, -0.1) is 0 Å². The maximum Gasteiger partial charge on any atom is 0.347 e. The molecular weight excluding hydrogens is 448 g/mol. The number of carbonyl (C=O) groups excluding carboxylic acids is 1. The van der Waals surface area contributed by atoms with Crippen LogP contribution in [0.5, 0.6) is 23.0 Å². The van der Waals surface area contributed by atoms with Gasteiger partial charge < -0.3 is 24.4 Å². The Morgan fingerprint density at radius 1 is 0.743 bits per heavy atom. The number of unbranched alkanes of at least 4 members (excludes halogenated alkanes) is 6. The van der Waals surface area contributed by atoms with Crippen LogP contribution < -0.4 is 14.2 Å². The molecule has 0 aliphatic heterocycles. The van der Waals surface area contributed by atoms with Crippen LogP contribution >= 0.6 is 0 Å². The Kier molecular flexibility index (Phi) is 11.4. The molecule has 0 spiro atoms. The first kappa shape index (κ1) is 28.0. The van der Waals surface area contributed by atoms with Gasteiger partial charge in [0.15, 0.2) is 0 Å². The number of ether oxygens (including phenoxy) is 3. The smallest absolute Gasteiger partial charge is 0.347 e. The molecule has 0 fully saturated rings. The minimum absolute atomic E-state index is 0.0727. The number of methoxy groups -OCH3 is 2. The average Bonchev–Trinajstić information content (AvgIpc) is 2.83. The quantitative estimate of drug-likeness (QED) is 0.167. The summed E-state index contributed by atoms with van der Waals surface area (Å²) in [6.45, 7) is 4.22. The molecule has 192 valence electrons. The van der Waals surface area contributed by atoms with Crippen molar-refractivity contribution in [3.63, 3.8) is 0 Å². The lowest BCUT2D eigenvalue weighted by atomic mass is 9.98. The summed E-state index contributed by atoms with van der Waals surface area (Å²) in [6, 6.07) is 6.11. The molecule has 0 aliphatic rings. The highest BCUT2D eigenvalue weighted by molar-refractivity contribution is 5.97. The van der Waals surface area contributed by atoms with Crippen molar-refractivity contribution in [3.05, 3.63) is 46.5 Å². The number of aryl methyl sites for hydroxylation is 2. The molecule has 0 radical (unpaired) electrons. The molecule has 0 bridgehead atoms. The standard InChI is InChI=1S/C28H38O7/c1-5-7-9-10-12-14-19-15-21(33-3)17-23(29)25(19)28(32)35-22-16-20(13-11-8-6-2)26(27(30)31)24(18-22)34-4/h15-18,29H,5-14H2,1-4H3,(H,30,31). The lowest BCUT2D eigenvalue weighted by molar-refractivity contribution is 0.0691. The zero-order valence-electron chi connectivity index (χ0n) is 21.3. The van der Waals surface area contributed by atoms with E-state index in [1.165, 1.54) is 26.4 Å². The van der Waals surface area contributed by atoms with Crippen LogP contribution in [-0.2, 0) is 12.8 Å². The van der Waals surface area contributed by atoms with Crippen LogP contribution in [0, 0.1) is 0 Å². The summed E-state index contributed by atoms with van der Waals surface area (Å²) in [5.74, 6) is -1.25. The number of phenols is 1. The minimum atomic E-state index is -1.09. The van der Waals surface area contributed by atoms with Crippen LogP contribution in [0.25, 0.3) is 0 Å². The van der Waals surface area contributed by atoms with E-state index in [0.29, 0.717) is 29.7 Å². The van der Waals surface area contributed by atoms with Crippen molar-refractivity contribution in [2.45, 2.75) is 78.1 Å². The van der Waals surface area contributed by atoms with E-state index in [2.05, 4.69) is 13.8 Å². The predicted molar refractivity (Wildman–Crippen MR) is 135 cm³/mol. The number of benzene rings is 2. The highest BCUT2D eigenvalue weighted by Gasteiger charge is 2.23. The number of aromatic carboxylic acids is 1. The van der Waals surface area contributed by atoms with Crippen molar-refractivity contribution < 1.29 is 34.0 Å². The maximum atomic E-state index is 13.2. The first-order valence-corrected chi connectivity index (χ1v) is 12.4. The Labute approximate surface area is 208 Å². The summed E-state index contributed by atoms with van der Waals surface area (Å²) < 4.78 is 16.2. The molecule has 0 heterocycles. The molecule has 0 saturated heterocycles. The topological polar surface area (TPSA) is 102 Å². The summed E-state index contributed by atoms with van der Waals surface area (Å²) >= 11 is 0. The number of hydrogen-bond donors (Lipinski definition) is 2. The summed E-state index contributed by atoms with van der Waals surface area (Å²) in [6.07, 6.45) is 9.18. The lowest BCUT2D eigenvalue weighted by Gasteiger charge is -2.16. The van der Waals surface area contributed by atoms with Crippen molar-refractivity contribution in [1.29, 1.82) is 0 Å². The molecule has 0 amide bonds. The summed E-state index contributed by atoms with van der Waals surface area (Å²) in [4.78, 5) is 25.1. The van der Waals surface area contributed by atoms with Crippen LogP contribution in [0.3, 0.4) is 0 Å². The molecule has 2 N–H and O–H groups in total. The fraction of sp³-hybridized carbons (Fsp3) is 0.500. The molecule has 0 unspecified atom stereocenters. The van der Waals surface area contributed by atoms with Gasteiger partial charge in [0.2, 0.25) is 0 Å². The second kappa shape index (κ2) is 14.2. The molecule has 2 rings (SSSR count). The number of rotatable bonds is 15. The molecule has 7 heteroatoms. The predicted octanol–water partition coefficient (Wildman–Crippen LogP) is 6.57.